The number of halogens is 3. The molecule has 0 atom stereocenters. The number of hydrogen-bond acceptors (Lipinski definition) is 3. The molecule has 2 rings (SSSR count). The maximum Gasteiger partial charge on any atom is 0.345 e. The lowest BCUT2D eigenvalue weighted by Crippen LogP contribution is -2.45. The Morgan fingerprint density at radius 1 is 0.960 bits per heavy atom. The first kappa shape index (κ1) is 19.4. The first-order valence-corrected chi connectivity index (χ1v) is 8.38. The van der Waals surface area contributed by atoms with Gasteiger partial charge in [-0.2, -0.15) is 5.10 Å². The molecule has 0 fully saturated rings. The van der Waals surface area contributed by atoms with Crippen LogP contribution in [-0.2, 0) is 0 Å². The van der Waals surface area contributed by atoms with Gasteiger partial charge in [-0.25, -0.2) is 0 Å². The Kier molecular flexibility index (Phi) is 6.56. The lowest BCUT2D eigenvalue weighted by molar-refractivity contribution is -0.807. The molecule has 0 spiro atoms. The first-order valence-electron chi connectivity index (χ1n) is 7.25. The normalized spacial score (nSPS) is 13.1. The summed E-state index contributed by atoms with van der Waals surface area (Å²) in [6.45, 7) is 0. The summed E-state index contributed by atoms with van der Waals surface area (Å²) in [4.78, 5) is 0. The molecule has 0 radical (unpaired) electrons. The summed E-state index contributed by atoms with van der Waals surface area (Å²) in [6.07, 6.45) is 3.20. The molecule has 0 aliphatic heterocycles. The Morgan fingerprint density at radius 3 is 2.24 bits per heavy atom. The van der Waals surface area contributed by atoms with Crippen molar-refractivity contribution < 1.29 is 4.59 Å². The lowest BCUT2D eigenvalue weighted by Gasteiger charge is -2.18. The van der Waals surface area contributed by atoms with Crippen LogP contribution in [-0.4, -0.2) is 37.1 Å². The van der Waals surface area contributed by atoms with Crippen LogP contribution in [0.2, 0.25) is 15.1 Å². The van der Waals surface area contributed by atoms with E-state index >= 15 is 0 Å². The SMILES string of the molecule is C[N+](C)(/N=C/c1ccc(Cl)cc1)C(N)=N/N=C/c1ccc(Cl)cc1Cl. The van der Waals surface area contributed by atoms with Crippen molar-refractivity contribution in [2.45, 2.75) is 0 Å². The van der Waals surface area contributed by atoms with Gasteiger partial charge in [0.25, 0.3) is 0 Å². The van der Waals surface area contributed by atoms with E-state index in [1.165, 1.54) is 6.21 Å². The summed E-state index contributed by atoms with van der Waals surface area (Å²) < 4.78 is -0.00564. The largest absolute Gasteiger partial charge is 0.345 e. The van der Waals surface area contributed by atoms with Crippen molar-refractivity contribution in [3.63, 3.8) is 0 Å². The van der Waals surface area contributed by atoms with E-state index in [2.05, 4.69) is 15.3 Å². The van der Waals surface area contributed by atoms with Gasteiger partial charge in [-0.1, -0.05) is 63.2 Å². The van der Waals surface area contributed by atoms with Crippen molar-refractivity contribution in [1.82, 2.24) is 0 Å². The predicted octanol–water partition coefficient (Wildman–Crippen LogP) is 4.41. The van der Waals surface area contributed by atoms with Crippen molar-refractivity contribution in [1.29, 1.82) is 0 Å². The molecule has 0 aliphatic carbocycles. The third-order valence-electron chi connectivity index (χ3n) is 3.25. The van der Waals surface area contributed by atoms with Crippen LogP contribution in [0, 0.1) is 0 Å². The minimum Gasteiger partial charge on any atom is -0.334 e. The number of nitrogens with two attached hydrogens (primary N) is 1. The van der Waals surface area contributed by atoms with Crippen LogP contribution < -0.4 is 5.73 Å². The zero-order chi connectivity index (χ0) is 18.4. The molecule has 2 aromatic carbocycles. The monoisotopic (exact) mass is 396 g/mol. The quantitative estimate of drug-likeness (QED) is 0.353. The smallest absolute Gasteiger partial charge is 0.334 e. The standard InChI is InChI=1S/C17H17Cl3N5/c1-25(2,23-10-12-3-6-14(18)7-4-12)17(21)24-22-11-13-5-8-15(19)9-16(13)20/h3-11H,1-2H3,(H2,21,24)/q+1/b22-11+,23-10+. The molecule has 0 saturated heterocycles. The second kappa shape index (κ2) is 8.45. The zero-order valence-electron chi connectivity index (χ0n) is 13.7. The van der Waals surface area contributed by atoms with Crippen molar-refractivity contribution in [2.75, 3.05) is 14.1 Å². The second-order valence-corrected chi connectivity index (χ2v) is 6.84. The van der Waals surface area contributed by atoms with E-state index in [9.17, 15) is 0 Å². The first-order chi connectivity index (χ1) is 11.8. The van der Waals surface area contributed by atoms with Crippen LogP contribution in [0.25, 0.3) is 0 Å². The van der Waals surface area contributed by atoms with Crippen LogP contribution in [0.15, 0.2) is 57.8 Å². The summed E-state index contributed by atoms with van der Waals surface area (Å²) in [5, 5.41) is 14.1. The van der Waals surface area contributed by atoms with Crippen LogP contribution in [0.4, 0.5) is 0 Å². The number of nitrogens with zero attached hydrogens (tertiary/aromatic N) is 4. The van der Waals surface area contributed by atoms with E-state index in [0.717, 1.165) is 5.56 Å². The van der Waals surface area contributed by atoms with Gasteiger partial charge in [-0.3, -0.25) is 0 Å². The van der Waals surface area contributed by atoms with Gasteiger partial charge in [-0.15, -0.1) is 4.59 Å². The molecule has 130 valence electrons. The van der Waals surface area contributed by atoms with E-state index in [-0.39, 0.29) is 10.6 Å². The summed E-state index contributed by atoms with van der Waals surface area (Å²) >= 11 is 17.8. The highest BCUT2D eigenvalue weighted by Crippen LogP contribution is 2.19. The average molecular weight is 398 g/mol. The Bertz CT molecular complexity index is 827. The Balaban J connectivity index is 2.10. The fourth-order valence-electron chi connectivity index (χ4n) is 1.68. The predicted molar refractivity (Wildman–Crippen MR) is 107 cm³/mol. The number of quaternary nitrogens is 1. The number of benzene rings is 2. The van der Waals surface area contributed by atoms with Crippen LogP contribution in [0.1, 0.15) is 11.1 Å². The van der Waals surface area contributed by atoms with Gasteiger partial charge in [0.1, 0.15) is 14.1 Å². The van der Waals surface area contributed by atoms with E-state index in [0.29, 0.717) is 20.6 Å². The van der Waals surface area contributed by atoms with Gasteiger partial charge in [0.15, 0.2) is 0 Å². The highest BCUT2D eigenvalue weighted by molar-refractivity contribution is 6.36. The Labute approximate surface area is 161 Å². The van der Waals surface area contributed by atoms with Gasteiger partial charge in [-0.05, 0) is 29.8 Å². The van der Waals surface area contributed by atoms with Crippen molar-refractivity contribution in [3.05, 3.63) is 68.7 Å². The molecule has 0 unspecified atom stereocenters. The summed E-state index contributed by atoms with van der Waals surface area (Å²) in [6, 6.07) is 12.4. The minimum atomic E-state index is -0.00564. The molecule has 25 heavy (non-hydrogen) atoms. The maximum absolute atomic E-state index is 6.07. The molecular weight excluding hydrogens is 381 g/mol. The molecule has 0 saturated carbocycles. The molecule has 8 heteroatoms. The average Bonchev–Trinajstić information content (AvgIpc) is 2.56. The molecule has 2 aromatic rings. The van der Waals surface area contributed by atoms with Gasteiger partial charge >= 0.3 is 5.96 Å². The van der Waals surface area contributed by atoms with Crippen LogP contribution in [0.5, 0.6) is 0 Å². The van der Waals surface area contributed by atoms with E-state index in [1.54, 1.807) is 50.6 Å². The summed E-state index contributed by atoms with van der Waals surface area (Å²) in [5.74, 6) is 0.214. The van der Waals surface area contributed by atoms with Gasteiger partial charge in [0.2, 0.25) is 0 Å². The summed E-state index contributed by atoms with van der Waals surface area (Å²) in [5.41, 5.74) is 7.58. The van der Waals surface area contributed by atoms with E-state index in [1.807, 2.05) is 12.1 Å². The molecule has 5 nitrogen and oxygen atoms in total. The molecular formula is C17H17Cl3N5+. The molecule has 2 N–H and O–H groups in total. The topological polar surface area (TPSA) is 63.1 Å². The molecule has 0 amide bonds. The summed E-state index contributed by atoms with van der Waals surface area (Å²) in [7, 11) is 3.58. The molecule has 0 aliphatic rings. The zero-order valence-corrected chi connectivity index (χ0v) is 16.0. The fraction of sp³-hybridized carbons (Fsp3) is 0.118. The Hall–Kier alpha value is -1.92. The fourth-order valence-corrected chi connectivity index (χ4v) is 2.27. The van der Waals surface area contributed by atoms with Crippen molar-refractivity contribution in [3.8, 4) is 0 Å². The van der Waals surface area contributed by atoms with E-state index in [4.69, 9.17) is 40.5 Å². The highest BCUT2D eigenvalue weighted by atomic mass is 35.5. The molecule has 0 bridgehead atoms. The van der Waals surface area contributed by atoms with Crippen molar-refractivity contribution in [2.24, 2.45) is 21.0 Å². The van der Waals surface area contributed by atoms with Gasteiger partial charge in [0.05, 0.1) is 17.5 Å². The number of guanidine groups is 1. The third kappa shape index (κ3) is 5.83. The molecule has 0 aromatic heterocycles. The number of rotatable bonds is 4. The maximum atomic E-state index is 6.07. The third-order valence-corrected chi connectivity index (χ3v) is 4.06. The van der Waals surface area contributed by atoms with Crippen LogP contribution in [0.3, 0.4) is 0 Å². The minimum absolute atomic E-state index is 0.00564. The number of hydrogen-bond donors (Lipinski definition) is 1. The highest BCUT2D eigenvalue weighted by Gasteiger charge is 2.20. The van der Waals surface area contributed by atoms with E-state index < -0.39 is 0 Å². The Morgan fingerprint density at radius 2 is 1.60 bits per heavy atom. The second-order valence-electron chi connectivity index (χ2n) is 5.56. The van der Waals surface area contributed by atoms with Crippen molar-refractivity contribution >= 4 is 53.2 Å². The lowest BCUT2D eigenvalue weighted by atomic mass is 10.2. The van der Waals surface area contributed by atoms with Gasteiger partial charge in [0, 0.05) is 15.6 Å². The molecule has 0 heterocycles. The van der Waals surface area contributed by atoms with Crippen LogP contribution >= 0.6 is 34.8 Å². The van der Waals surface area contributed by atoms with Gasteiger partial charge < -0.3 is 5.73 Å².